The Morgan fingerprint density at radius 1 is 1.12 bits per heavy atom. The number of hydrogen-bond acceptors (Lipinski definition) is 9. The van der Waals surface area contributed by atoms with E-state index in [1.807, 2.05) is 6.92 Å². The zero-order valence-corrected chi connectivity index (χ0v) is 19.8. The minimum Gasteiger partial charge on any atom is -0.489 e. The van der Waals surface area contributed by atoms with Crippen LogP contribution in [0.5, 0.6) is 5.75 Å². The van der Waals surface area contributed by atoms with Crippen molar-refractivity contribution in [1.29, 1.82) is 0 Å². The summed E-state index contributed by atoms with van der Waals surface area (Å²) >= 11 is 0. The first kappa shape index (κ1) is 27.5. The normalized spacial score (nSPS) is 15.0. The molecule has 1 aromatic heterocycles. The number of aliphatic hydroxyl groups excluding tert-OH is 5. The van der Waals surface area contributed by atoms with Crippen molar-refractivity contribution in [2.45, 2.75) is 51.6 Å². The van der Waals surface area contributed by atoms with Crippen molar-refractivity contribution in [3.8, 4) is 5.75 Å². The maximum atomic E-state index is 12.7. The van der Waals surface area contributed by atoms with Crippen LogP contribution in [0, 0.1) is 13.8 Å². The molecule has 0 saturated heterocycles. The molecule has 10 nitrogen and oxygen atoms in total. The Kier molecular flexibility index (Phi) is 9.37. The number of ether oxygens (including phenoxy) is 1. The summed E-state index contributed by atoms with van der Waals surface area (Å²) in [6, 6.07) is 3.51. The summed E-state index contributed by atoms with van der Waals surface area (Å²) in [6.07, 6.45) is -7.15. The molecule has 0 radical (unpaired) electrons. The van der Waals surface area contributed by atoms with Crippen molar-refractivity contribution in [1.82, 2.24) is 4.90 Å². The fourth-order valence-corrected chi connectivity index (χ4v) is 3.47. The van der Waals surface area contributed by atoms with Crippen LogP contribution in [0.4, 0.5) is 0 Å². The molecular formula is C24H33NO9. The molecule has 0 aliphatic heterocycles. The molecule has 2 rings (SSSR count). The third-order valence-electron chi connectivity index (χ3n) is 5.67. The van der Waals surface area contributed by atoms with Crippen LogP contribution in [-0.4, -0.2) is 87.6 Å². The lowest BCUT2D eigenvalue weighted by molar-refractivity contribution is -0.137. The molecule has 0 saturated carbocycles. The lowest BCUT2D eigenvalue weighted by Crippen LogP contribution is -2.50. The Bertz CT molecular complexity index is 1090. The van der Waals surface area contributed by atoms with Crippen molar-refractivity contribution in [3.63, 3.8) is 0 Å². The SMILES string of the molecule is C=C(C)COc1ccc2c(C)c(CC(=O)N(C)C[C@@H](O)[C@@H](O)[C@H](O)[C@@H](O)CO)c(=O)oc2c1C. The lowest BCUT2D eigenvalue weighted by Gasteiger charge is -2.28. The molecule has 0 unspecified atom stereocenters. The molecule has 1 heterocycles. The van der Waals surface area contributed by atoms with Crippen molar-refractivity contribution < 1.29 is 39.5 Å². The summed E-state index contributed by atoms with van der Waals surface area (Å²) in [5.74, 6) is 0.0268. The first-order valence-electron chi connectivity index (χ1n) is 10.8. The largest absolute Gasteiger partial charge is 0.489 e. The summed E-state index contributed by atoms with van der Waals surface area (Å²) in [4.78, 5) is 26.5. The molecule has 188 valence electrons. The average molecular weight is 480 g/mol. The Morgan fingerprint density at radius 3 is 2.32 bits per heavy atom. The van der Waals surface area contributed by atoms with E-state index in [-0.39, 0.29) is 18.5 Å². The van der Waals surface area contributed by atoms with Gasteiger partial charge in [-0.05, 0) is 44.0 Å². The van der Waals surface area contributed by atoms with Gasteiger partial charge in [0.05, 0.1) is 18.6 Å². The molecule has 2 aromatic rings. The van der Waals surface area contributed by atoms with Gasteiger partial charge in [-0.1, -0.05) is 6.58 Å². The predicted octanol–water partition coefficient (Wildman–Crippen LogP) is -0.198. The number of carbonyl (C=O) groups is 1. The van der Waals surface area contributed by atoms with Gasteiger partial charge in [0.2, 0.25) is 5.91 Å². The number of amides is 1. The van der Waals surface area contributed by atoms with Crippen LogP contribution in [0.25, 0.3) is 11.0 Å². The van der Waals surface area contributed by atoms with Gasteiger partial charge in [0.1, 0.15) is 42.4 Å². The zero-order valence-electron chi connectivity index (χ0n) is 19.8. The number of carbonyl (C=O) groups excluding carboxylic acids is 1. The molecule has 0 bridgehead atoms. The Labute approximate surface area is 197 Å². The standard InChI is InChI=1S/C24H33NO9/c1-12(2)11-33-19-7-6-15-13(3)16(24(32)34-23(15)14(19)4)8-20(29)25(5)9-17(27)21(30)22(31)18(28)10-26/h6-7,17-18,21-22,26-28,30-31H,1,8-11H2,2-5H3/t17-,18+,21-,22-/m1/s1. The van der Waals surface area contributed by atoms with E-state index >= 15 is 0 Å². The van der Waals surface area contributed by atoms with Gasteiger partial charge in [-0.25, -0.2) is 4.79 Å². The lowest BCUT2D eigenvalue weighted by atomic mass is 10.0. The minimum absolute atomic E-state index is 0.158. The number of nitrogens with zero attached hydrogens (tertiary/aromatic N) is 1. The average Bonchev–Trinajstić information content (AvgIpc) is 2.79. The van der Waals surface area contributed by atoms with Gasteiger partial charge >= 0.3 is 5.63 Å². The summed E-state index contributed by atoms with van der Waals surface area (Å²) in [7, 11) is 1.36. The number of hydrogen-bond donors (Lipinski definition) is 5. The van der Waals surface area contributed by atoms with Gasteiger partial charge in [-0.15, -0.1) is 0 Å². The molecule has 1 amide bonds. The second-order valence-corrected chi connectivity index (χ2v) is 8.55. The maximum Gasteiger partial charge on any atom is 0.340 e. The van der Waals surface area contributed by atoms with Crippen molar-refractivity contribution in [2.75, 3.05) is 26.8 Å². The van der Waals surface area contributed by atoms with E-state index in [4.69, 9.17) is 14.3 Å². The highest BCUT2D eigenvalue weighted by Crippen LogP contribution is 2.29. The van der Waals surface area contributed by atoms with E-state index in [1.54, 1.807) is 26.0 Å². The monoisotopic (exact) mass is 479 g/mol. The quantitative estimate of drug-likeness (QED) is 0.217. The molecule has 0 aliphatic rings. The highest BCUT2D eigenvalue weighted by Gasteiger charge is 2.31. The number of rotatable bonds is 11. The summed E-state index contributed by atoms with van der Waals surface area (Å²) in [5.41, 5.74) is 1.91. The molecule has 4 atom stereocenters. The molecule has 34 heavy (non-hydrogen) atoms. The summed E-state index contributed by atoms with van der Waals surface area (Å²) in [5, 5.41) is 48.7. The van der Waals surface area contributed by atoms with E-state index < -0.39 is 42.6 Å². The number of fused-ring (bicyclic) bond motifs is 1. The molecule has 5 N–H and O–H groups in total. The van der Waals surface area contributed by atoms with Crippen LogP contribution in [-0.2, 0) is 11.2 Å². The van der Waals surface area contributed by atoms with Crippen LogP contribution < -0.4 is 10.4 Å². The zero-order chi connectivity index (χ0) is 25.7. The van der Waals surface area contributed by atoms with E-state index in [9.17, 15) is 30.0 Å². The van der Waals surface area contributed by atoms with Crippen molar-refractivity contribution in [2.24, 2.45) is 0 Å². The third-order valence-corrected chi connectivity index (χ3v) is 5.67. The van der Waals surface area contributed by atoms with Gasteiger partial charge in [0, 0.05) is 24.5 Å². The molecule has 0 aliphatic carbocycles. The van der Waals surface area contributed by atoms with Crippen molar-refractivity contribution in [3.05, 3.63) is 51.4 Å². The van der Waals surface area contributed by atoms with E-state index in [0.29, 0.717) is 34.5 Å². The first-order valence-corrected chi connectivity index (χ1v) is 10.8. The molecule has 0 fully saturated rings. The molecular weight excluding hydrogens is 446 g/mol. The van der Waals surface area contributed by atoms with E-state index in [0.717, 1.165) is 10.5 Å². The van der Waals surface area contributed by atoms with Gasteiger partial charge < -0.3 is 39.6 Å². The predicted molar refractivity (Wildman–Crippen MR) is 125 cm³/mol. The maximum absolute atomic E-state index is 12.7. The minimum atomic E-state index is -1.80. The number of aliphatic hydroxyl groups is 5. The Hall–Kier alpha value is -2.76. The second kappa shape index (κ2) is 11.6. The second-order valence-electron chi connectivity index (χ2n) is 8.55. The number of benzene rings is 1. The van der Waals surface area contributed by atoms with Crippen LogP contribution >= 0.6 is 0 Å². The van der Waals surface area contributed by atoms with Crippen LogP contribution in [0.1, 0.15) is 23.6 Å². The van der Waals surface area contributed by atoms with Gasteiger partial charge in [-0.3, -0.25) is 4.79 Å². The van der Waals surface area contributed by atoms with Crippen LogP contribution in [0.3, 0.4) is 0 Å². The van der Waals surface area contributed by atoms with Crippen LogP contribution in [0.15, 0.2) is 33.5 Å². The highest BCUT2D eigenvalue weighted by atomic mass is 16.5. The third kappa shape index (κ3) is 6.22. The molecule has 10 heteroatoms. The van der Waals surface area contributed by atoms with Gasteiger partial charge in [-0.2, -0.15) is 0 Å². The molecule has 0 spiro atoms. The summed E-state index contributed by atoms with van der Waals surface area (Å²) in [6.45, 7) is 8.24. The fourth-order valence-electron chi connectivity index (χ4n) is 3.47. The smallest absolute Gasteiger partial charge is 0.340 e. The fraction of sp³-hybridized carbons (Fsp3) is 0.500. The number of likely N-dealkylation sites (N-methyl/N-ethyl adjacent to an activating group) is 1. The Balaban J connectivity index is 2.21. The Morgan fingerprint density at radius 2 is 1.74 bits per heavy atom. The first-order chi connectivity index (χ1) is 15.9. The highest BCUT2D eigenvalue weighted by molar-refractivity contribution is 5.87. The van der Waals surface area contributed by atoms with E-state index in [1.165, 1.54) is 7.05 Å². The molecule has 1 aromatic carbocycles. The topological polar surface area (TPSA) is 161 Å². The summed E-state index contributed by atoms with van der Waals surface area (Å²) < 4.78 is 11.2. The van der Waals surface area contributed by atoms with E-state index in [2.05, 4.69) is 6.58 Å². The van der Waals surface area contributed by atoms with Gasteiger partial charge in [0.15, 0.2) is 0 Å². The van der Waals surface area contributed by atoms with Crippen molar-refractivity contribution >= 4 is 16.9 Å². The van der Waals surface area contributed by atoms with Gasteiger partial charge in [0.25, 0.3) is 0 Å². The number of aryl methyl sites for hydroxylation is 2. The van der Waals surface area contributed by atoms with Crippen LogP contribution in [0.2, 0.25) is 0 Å².